The molecule has 1 aliphatic carbocycles. The fourth-order valence-corrected chi connectivity index (χ4v) is 7.11. The molecule has 42 heavy (non-hydrogen) atoms. The molecule has 2 aromatic carbocycles. The number of hydrogen-bond acceptors (Lipinski definition) is 7. The van der Waals surface area contributed by atoms with Gasteiger partial charge in [0.2, 0.25) is 15.9 Å². The third-order valence-electron chi connectivity index (χ3n) is 8.24. The minimum absolute atomic E-state index is 0.0127. The number of unbranched alkanes of at least 4 members (excludes halogenated alkanes) is 2. The van der Waals surface area contributed by atoms with E-state index in [0.29, 0.717) is 25.9 Å². The molecule has 2 bridgehead atoms. The number of rotatable bonds is 9. The van der Waals surface area contributed by atoms with Crippen LogP contribution in [0.5, 0.6) is 5.75 Å². The minimum Gasteiger partial charge on any atom is -0.497 e. The van der Waals surface area contributed by atoms with E-state index in [-0.39, 0.29) is 30.9 Å². The molecule has 230 valence electrons. The van der Waals surface area contributed by atoms with Gasteiger partial charge >= 0.3 is 0 Å². The second-order valence-corrected chi connectivity index (χ2v) is 13.3. The van der Waals surface area contributed by atoms with E-state index in [1.165, 1.54) is 11.4 Å². The van der Waals surface area contributed by atoms with Crippen LogP contribution in [0.3, 0.4) is 0 Å². The summed E-state index contributed by atoms with van der Waals surface area (Å²) in [5.41, 5.74) is 3.11. The van der Waals surface area contributed by atoms with Crippen molar-refractivity contribution in [1.82, 2.24) is 14.9 Å². The molecule has 1 aliphatic heterocycles. The first-order chi connectivity index (χ1) is 20.2. The van der Waals surface area contributed by atoms with Gasteiger partial charge in [0.25, 0.3) is 0 Å². The van der Waals surface area contributed by atoms with E-state index in [1.54, 1.807) is 7.11 Å². The molecule has 0 aromatic heterocycles. The standard InChI is InChI=1S/C32H45N3O6S/c1-4-5-11-18-42(38,39)35(2)29-14-9-10-17-41-31-21-27(26-20-24(40-3)15-16-25(26)31)33-22-30(36)28(34-32(29)37)19-23-12-7-6-8-13-23/h6-10,12-13,15-16,20,27-31,33,36H,4-5,11,14,17-19,21-22H2,1-3H3,(H,34,37)/b10-9+/t27-,28-,29-,30+,31+/m0/s1. The summed E-state index contributed by atoms with van der Waals surface area (Å²) in [6, 6.07) is 14.0. The molecule has 0 fully saturated rings. The number of benzene rings is 2. The first-order valence-corrected chi connectivity index (χ1v) is 16.5. The van der Waals surface area contributed by atoms with Crippen LogP contribution in [0.1, 0.15) is 67.9 Å². The van der Waals surface area contributed by atoms with Gasteiger partial charge in [-0.15, -0.1) is 0 Å². The lowest BCUT2D eigenvalue weighted by atomic mass is 9.99. The molecule has 0 unspecified atom stereocenters. The van der Waals surface area contributed by atoms with Gasteiger partial charge in [-0.05, 0) is 54.5 Å². The maximum absolute atomic E-state index is 13.8. The van der Waals surface area contributed by atoms with Gasteiger partial charge in [-0.25, -0.2) is 8.42 Å². The number of amides is 1. The largest absolute Gasteiger partial charge is 0.497 e. The number of carbonyl (C=O) groups is 1. The number of hydrogen-bond donors (Lipinski definition) is 3. The highest BCUT2D eigenvalue weighted by Gasteiger charge is 2.35. The Morgan fingerprint density at radius 1 is 1.10 bits per heavy atom. The number of fused-ring (bicyclic) bond motifs is 5. The van der Waals surface area contributed by atoms with Gasteiger partial charge in [-0.1, -0.05) is 68.3 Å². The van der Waals surface area contributed by atoms with E-state index < -0.39 is 34.1 Å². The minimum atomic E-state index is -3.66. The van der Waals surface area contributed by atoms with E-state index in [2.05, 4.69) is 10.6 Å². The highest BCUT2D eigenvalue weighted by atomic mass is 32.2. The van der Waals surface area contributed by atoms with E-state index in [9.17, 15) is 18.3 Å². The lowest BCUT2D eigenvalue weighted by molar-refractivity contribution is -0.126. The fourth-order valence-electron chi connectivity index (χ4n) is 5.69. The molecule has 0 spiro atoms. The smallest absolute Gasteiger partial charge is 0.239 e. The van der Waals surface area contributed by atoms with Gasteiger partial charge < -0.3 is 25.2 Å². The second kappa shape index (κ2) is 15.1. The Bertz CT molecular complexity index is 1300. The van der Waals surface area contributed by atoms with Crippen LogP contribution < -0.4 is 15.4 Å². The zero-order valence-corrected chi connectivity index (χ0v) is 25.7. The SMILES string of the molecule is CCCCCS(=O)(=O)N(C)[C@H]1C/C=C/CO[C@@H]2C[C@H](NC[C@@H](O)[C@H](Cc3ccccc3)NC1=O)c1cc(OC)ccc12. The van der Waals surface area contributed by atoms with Crippen LogP contribution in [0.4, 0.5) is 0 Å². The molecule has 9 nitrogen and oxygen atoms in total. The number of carbonyl (C=O) groups excluding carboxylic acids is 1. The van der Waals surface area contributed by atoms with Crippen LogP contribution in [0, 0.1) is 0 Å². The topological polar surface area (TPSA) is 117 Å². The monoisotopic (exact) mass is 599 g/mol. The molecule has 1 heterocycles. The third kappa shape index (κ3) is 8.20. The molecule has 5 atom stereocenters. The van der Waals surface area contributed by atoms with Gasteiger partial charge in [0.05, 0.1) is 37.7 Å². The second-order valence-electron chi connectivity index (χ2n) is 11.1. The van der Waals surface area contributed by atoms with Crippen LogP contribution in [-0.2, 0) is 26.0 Å². The van der Waals surface area contributed by atoms with E-state index in [1.807, 2.05) is 67.6 Å². The number of nitrogens with one attached hydrogen (secondary N) is 2. The summed E-state index contributed by atoms with van der Waals surface area (Å²) in [6.45, 7) is 2.56. The van der Waals surface area contributed by atoms with Crippen molar-refractivity contribution in [2.75, 3.05) is 33.1 Å². The van der Waals surface area contributed by atoms with Crippen molar-refractivity contribution in [2.24, 2.45) is 0 Å². The number of ether oxygens (including phenoxy) is 2. The lowest BCUT2D eigenvalue weighted by Crippen LogP contribution is -2.55. The van der Waals surface area contributed by atoms with Crippen LogP contribution in [-0.4, -0.2) is 75.0 Å². The van der Waals surface area contributed by atoms with Crippen molar-refractivity contribution in [2.45, 2.75) is 75.8 Å². The van der Waals surface area contributed by atoms with Crippen molar-refractivity contribution >= 4 is 15.9 Å². The Morgan fingerprint density at radius 3 is 2.62 bits per heavy atom. The molecule has 4 rings (SSSR count). The summed E-state index contributed by atoms with van der Waals surface area (Å²) in [4.78, 5) is 13.8. The zero-order valence-electron chi connectivity index (χ0n) is 24.9. The number of β-amino-alcohol motifs (C(OH)–C–C–N with tert-alkyl or cyclic N) is 1. The van der Waals surface area contributed by atoms with Gasteiger partial charge in [0, 0.05) is 19.6 Å². The number of aliphatic hydroxyl groups excluding tert-OH is 1. The number of nitrogens with zero attached hydrogens (tertiary/aromatic N) is 1. The number of likely N-dealkylation sites (N-methyl/N-ethyl adjacent to an activating group) is 1. The molecule has 10 heteroatoms. The van der Waals surface area contributed by atoms with Crippen molar-refractivity contribution in [3.8, 4) is 5.75 Å². The maximum Gasteiger partial charge on any atom is 0.239 e. The van der Waals surface area contributed by atoms with Crippen LogP contribution in [0.2, 0.25) is 0 Å². The average molecular weight is 600 g/mol. The van der Waals surface area contributed by atoms with Crippen molar-refractivity contribution < 1.29 is 27.8 Å². The summed E-state index contributed by atoms with van der Waals surface area (Å²) in [6.07, 6.45) is 6.10. The highest BCUT2D eigenvalue weighted by molar-refractivity contribution is 7.89. The number of aliphatic hydroxyl groups is 1. The van der Waals surface area contributed by atoms with E-state index in [0.717, 1.165) is 35.3 Å². The van der Waals surface area contributed by atoms with Gasteiger partial charge in [0.1, 0.15) is 11.8 Å². The first kappa shape index (κ1) is 32.2. The molecule has 2 aliphatic rings. The van der Waals surface area contributed by atoms with Crippen molar-refractivity contribution in [3.05, 3.63) is 77.4 Å². The normalized spacial score (nSPS) is 26.1. The fraction of sp³-hybridized carbons (Fsp3) is 0.531. The summed E-state index contributed by atoms with van der Waals surface area (Å²) in [5.74, 6) is 0.306. The first-order valence-electron chi connectivity index (χ1n) is 14.9. The Labute approximate surface area is 250 Å². The molecular formula is C32H45N3O6S. The van der Waals surface area contributed by atoms with Crippen molar-refractivity contribution in [1.29, 1.82) is 0 Å². The van der Waals surface area contributed by atoms with Crippen LogP contribution in [0.15, 0.2) is 60.7 Å². The van der Waals surface area contributed by atoms with Gasteiger partial charge in [-0.3, -0.25) is 4.79 Å². The predicted molar refractivity (Wildman–Crippen MR) is 164 cm³/mol. The van der Waals surface area contributed by atoms with E-state index >= 15 is 0 Å². The Morgan fingerprint density at radius 2 is 1.88 bits per heavy atom. The molecular weight excluding hydrogens is 554 g/mol. The van der Waals surface area contributed by atoms with E-state index in [4.69, 9.17) is 9.47 Å². The zero-order chi connectivity index (χ0) is 30.1. The number of sulfonamides is 1. The summed E-state index contributed by atoms with van der Waals surface area (Å²) in [5, 5.41) is 17.9. The third-order valence-corrected chi connectivity index (χ3v) is 10.2. The van der Waals surface area contributed by atoms with Crippen molar-refractivity contribution in [3.63, 3.8) is 0 Å². The molecule has 0 saturated carbocycles. The molecule has 3 N–H and O–H groups in total. The van der Waals surface area contributed by atoms with Gasteiger partial charge in [-0.2, -0.15) is 4.31 Å². The summed E-state index contributed by atoms with van der Waals surface area (Å²) in [7, 11) is -0.556. The molecule has 0 saturated heterocycles. The summed E-state index contributed by atoms with van der Waals surface area (Å²) < 4.78 is 39.3. The highest BCUT2D eigenvalue weighted by Crippen LogP contribution is 2.42. The number of methoxy groups -OCH3 is 1. The Balaban J connectivity index is 1.63. The Kier molecular flexibility index (Phi) is 11.6. The Hall–Kier alpha value is -2.76. The van der Waals surface area contributed by atoms with Crippen LogP contribution in [0.25, 0.3) is 0 Å². The predicted octanol–water partition coefficient (Wildman–Crippen LogP) is 3.66. The molecule has 1 amide bonds. The summed E-state index contributed by atoms with van der Waals surface area (Å²) >= 11 is 0. The average Bonchev–Trinajstić information content (AvgIpc) is 3.33. The van der Waals surface area contributed by atoms with Crippen LogP contribution >= 0.6 is 0 Å². The molecule has 2 aromatic rings. The quantitative estimate of drug-likeness (QED) is 0.298. The van der Waals surface area contributed by atoms with Gasteiger partial charge in [0.15, 0.2) is 0 Å². The lowest BCUT2D eigenvalue weighted by Gasteiger charge is -2.31. The maximum atomic E-state index is 13.8. The molecule has 0 radical (unpaired) electrons.